The van der Waals surface area contributed by atoms with Crippen LogP contribution in [0.1, 0.15) is 25.8 Å². The van der Waals surface area contributed by atoms with Crippen molar-refractivity contribution in [2.45, 2.75) is 48.7 Å². The number of ether oxygens (including phenoxy) is 2. The predicted molar refractivity (Wildman–Crippen MR) is 105 cm³/mol. The van der Waals surface area contributed by atoms with E-state index in [4.69, 9.17) is 9.47 Å². The van der Waals surface area contributed by atoms with E-state index in [1.165, 1.54) is 19.9 Å². The quantitative estimate of drug-likeness (QED) is 0.724. The van der Waals surface area contributed by atoms with Crippen LogP contribution in [0, 0.1) is 0 Å². The van der Waals surface area contributed by atoms with Gasteiger partial charge in [0.05, 0.1) is 16.3 Å². The predicted octanol–water partition coefficient (Wildman–Crippen LogP) is 2.28. The van der Waals surface area contributed by atoms with Crippen molar-refractivity contribution in [1.82, 2.24) is 5.32 Å². The number of rotatable bonds is 6. The summed E-state index contributed by atoms with van der Waals surface area (Å²) >= 11 is 0. The van der Waals surface area contributed by atoms with Crippen LogP contribution >= 0.6 is 0 Å². The summed E-state index contributed by atoms with van der Waals surface area (Å²) in [7, 11) is -3.64. The Bertz CT molecular complexity index is 1000. The molecule has 154 valence electrons. The second kappa shape index (κ2) is 8.65. The van der Waals surface area contributed by atoms with Crippen LogP contribution in [0.15, 0.2) is 58.3 Å². The molecule has 1 N–H and O–H groups in total. The van der Waals surface area contributed by atoms with Crippen molar-refractivity contribution in [3.8, 4) is 5.75 Å². The van der Waals surface area contributed by atoms with Crippen molar-refractivity contribution in [3.05, 3.63) is 54.1 Å². The van der Waals surface area contributed by atoms with Crippen LogP contribution in [0.25, 0.3) is 0 Å². The second-order valence-electron chi connectivity index (χ2n) is 6.86. The molecule has 1 amide bonds. The van der Waals surface area contributed by atoms with E-state index >= 15 is 0 Å². The van der Waals surface area contributed by atoms with E-state index in [1.807, 2.05) is 0 Å². The Hall–Kier alpha value is -2.87. The number of esters is 1. The standard InChI is InChI=1S/C21H23NO6S/c1-14(27-15(2)23)21(24)22-13-17-10-8-16-9-11-19(12-20(16)28-17)29(25,26)18-6-4-3-5-7-18/h3-7,9,11-12,14,17H,8,10,13H2,1-2H3,(H,22,24)/t14-,17+/m0/s1. The molecule has 7 nitrogen and oxygen atoms in total. The number of nitrogens with one attached hydrogen (secondary N) is 1. The first-order valence-corrected chi connectivity index (χ1v) is 10.8. The zero-order valence-electron chi connectivity index (χ0n) is 16.3. The molecule has 0 saturated carbocycles. The summed E-state index contributed by atoms with van der Waals surface area (Å²) in [5.74, 6) is -0.432. The Morgan fingerprint density at radius 2 is 1.90 bits per heavy atom. The average molecular weight is 417 g/mol. The van der Waals surface area contributed by atoms with Crippen molar-refractivity contribution in [3.63, 3.8) is 0 Å². The average Bonchev–Trinajstić information content (AvgIpc) is 2.71. The van der Waals surface area contributed by atoms with Crippen LogP contribution in [0.4, 0.5) is 0 Å². The molecular weight excluding hydrogens is 394 g/mol. The van der Waals surface area contributed by atoms with Crippen LogP contribution in [0.2, 0.25) is 0 Å². The van der Waals surface area contributed by atoms with E-state index in [1.54, 1.807) is 42.5 Å². The van der Waals surface area contributed by atoms with Crippen LogP contribution in [0.5, 0.6) is 5.75 Å². The molecule has 29 heavy (non-hydrogen) atoms. The lowest BCUT2D eigenvalue weighted by molar-refractivity contribution is -0.152. The molecule has 1 aliphatic heterocycles. The van der Waals surface area contributed by atoms with Gasteiger partial charge in [-0.3, -0.25) is 9.59 Å². The maximum absolute atomic E-state index is 12.8. The molecule has 8 heteroatoms. The molecule has 0 spiro atoms. The Morgan fingerprint density at radius 1 is 1.17 bits per heavy atom. The first kappa shape index (κ1) is 20.9. The van der Waals surface area contributed by atoms with Gasteiger partial charge in [0.25, 0.3) is 5.91 Å². The third-order valence-corrected chi connectivity index (χ3v) is 6.41. The summed E-state index contributed by atoms with van der Waals surface area (Å²) in [6, 6.07) is 13.1. The second-order valence-corrected chi connectivity index (χ2v) is 8.81. The van der Waals surface area contributed by atoms with Crippen molar-refractivity contribution < 1.29 is 27.5 Å². The first-order chi connectivity index (χ1) is 13.8. The summed E-state index contributed by atoms with van der Waals surface area (Å²) in [5.41, 5.74) is 0.924. The molecule has 0 bridgehead atoms. The SMILES string of the molecule is CC(=O)O[C@@H](C)C(=O)NC[C@H]1CCc2ccc(S(=O)(=O)c3ccccc3)cc2O1. The molecule has 0 saturated heterocycles. The summed E-state index contributed by atoms with van der Waals surface area (Å²) in [6.45, 7) is 2.97. The van der Waals surface area contributed by atoms with Crippen molar-refractivity contribution in [2.75, 3.05) is 6.54 Å². The summed E-state index contributed by atoms with van der Waals surface area (Å²) in [5, 5.41) is 2.70. The van der Waals surface area contributed by atoms with Gasteiger partial charge in [0, 0.05) is 6.92 Å². The Morgan fingerprint density at radius 3 is 2.59 bits per heavy atom. The Balaban J connectivity index is 1.69. The normalized spacial score (nSPS) is 16.8. The zero-order valence-corrected chi connectivity index (χ0v) is 17.1. The fraction of sp³-hybridized carbons (Fsp3) is 0.333. The fourth-order valence-electron chi connectivity index (χ4n) is 3.11. The van der Waals surface area contributed by atoms with Crippen LogP contribution in [-0.4, -0.2) is 39.0 Å². The number of hydrogen-bond acceptors (Lipinski definition) is 6. The maximum atomic E-state index is 12.8. The number of carbonyl (C=O) groups is 2. The number of fused-ring (bicyclic) bond motifs is 1. The van der Waals surface area contributed by atoms with Gasteiger partial charge in [0.15, 0.2) is 6.10 Å². The highest BCUT2D eigenvalue weighted by atomic mass is 32.2. The van der Waals surface area contributed by atoms with Gasteiger partial charge in [-0.2, -0.15) is 0 Å². The van der Waals surface area contributed by atoms with Gasteiger partial charge in [-0.15, -0.1) is 0 Å². The van der Waals surface area contributed by atoms with Crippen LogP contribution < -0.4 is 10.1 Å². The third kappa shape index (κ3) is 4.95. The molecule has 0 fully saturated rings. The summed E-state index contributed by atoms with van der Waals surface area (Å²) in [4.78, 5) is 23.3. The Labute approximate surface area is 169 Å². The number of carbonyl (C=O) groups excluding carboxylic acids is 2. The highest BCUT2D eigenvalue weighted by Gasteiger charge is 2.25. The lowest BCUT2D eigenvalue weighted by atomic mass is 10.0. The van der Waals surface area contributed by atoms with Gasteiger partial charge < -0.3 is 14.8 Å². The van der Waals surface area contributed by atoms with Gasteiger partial charge >= 0.3 is 5.97 Å². The van der Waals surface area contributed by atoms with E-state index in [0.29, 0.717) is 18.6 Å². The number of hydrogen-bond donors (Lipinski definition) is 1. The number of benzene rings is 2. The molecule has 2 atom stereocenters. The van der Waals surface area contributed by atoms with E-state index < -0.39 is 27.8 Å². The smallest absolute Gasteiger partial charge is 0.303 e. The van der Waals surface area contributed by atoms with Gasteiger partial charge in [-0.05, 0) is 49.6 Å². The number of sulfone groups is 1. The molecule has 0 aromatic heterocycles. The summed E-state index contributed by atoms with van der Waals surface area (Å²) < 4.78 is 36.4. The maximum Gasteiger partial charge on any atom is 0.303 e. The van der Waals surface area contributed by atoms with E-state index in [9.17, 15) is 18.0 Å². The van der Waals surface area contributed by atoms with E-state index in [-0.39, 0.29) is 22.4 Å². The first-order valence-electron chi connectivity index (χ1n) is 9.32. The highest BCUT2D eigenvalue weighted by Crippen LogP contribution is 2.32. The van der Waals surface area contributed by atoms with E-state index in [0.717, 1.165) is 5.56 Å². The lowest BCUT2D eigenvalue weighted by Gasteiger charge is -2.27. The van der Waals surface area contributed by atoms with Crippen molar-refractivity contribution in [1.29, 1.82) is 0 Å². The minimum atomic E-state index is -3.64. The number of amides is 1. The highest BCUT2D eigenvalue weighted by molar-refractivity contribution is 7.91. The van der Waals surface area contributed by atoms with Crippen LogP contribution in [0.3, 0.4) is 0 Å². The van der Waals surface area contributed by atoms with Gasteiger partial charge in [0.1, 0.15) is 11.9 Å². The molecule has 3 rings (SSSR count). The molecule has 2 aromatic carbocycles. The molecule has 0 unspecified atom stereocenters. The Kier molecular flexibility index (Phi) is 6.22. The molecule has 1 aliphatic rings. The minimum absolute atomic E-state index is 0.163. The molecular formula is C21H23NO6S. The lowest BCUT2D eigenvalue weighted by Crippen LogP contribution is -2.42. The van der Waals surface area contributed by atoms with E-state index in [2.05, 4.69) is 5.32 Å². The topological polar surface area (TPSA) is 98.8 Å². The third-order valence-electron chi connectivity index (χ3n) is 4.65. The molecule has 0 radical (unpaired) electrons. The largest absolute Gasteiger partial charge is 0.488 e. The monoisotopic (exact) mass is 417 g/mol. The van der Waals surface area contributed by atoms with Gasteiger partial charge in [-0.25, -0.2) is 8.42 Å². The van der Waals surface area contributed by atoms with Crippen molar-refractivity contribution in [2.24, 2.45) is 0 Å². The molecule has 2 aromatic rings. The summed E-state index contributed by atoms with van der Waals surface area (Å²) in [6.07, 6.45) is 0.206. The minimum Gasteiger partial charge on any atom is -0.488 e. The number of aryl methyl sites for hydroxylation is 1. The fourth-order valence-corrected chi connectivity index (χ4v) is 4.41. The zero-order chi connectivity index (χ0) is 21.0. The molecule has 1 heterocycles. The van der Waals surface area contributed by atoms with Gasteiger partial charge in [0.2, 0.25) is 9.84 Å². The van der Waals surface area contributed by atoms with Crippen LogP contribution in [-0.2, 0) is 30.6 Å². The van der Waals surface area contributed by atoms with Gasteiger partial charge in [-0.1, -0.05) is 24.3 Å². The van der Waals surface area contributed by atoms with Crippen molar-refractivity contribution >= 4 is 21.7 Å². The molecule has 0 aliphatic carbocycles.